The molecule has 1 aliphatic rings. The van der Waals surface area contributed by atoms with E-state index in [1.807, 2.05) is 7.05 Å². The topological polar surface area (TPSA) is 52.1 Å². The van der Waals surface area contributed by atoms with Crippen molar-refractivity contribution in [1.82, 2.24) is 20.4 Å². The molecule has 6 nitrogen and oxygen atoms in total. The molecule has 2 rings (SSSR count). The molecule has 1 aromatic rings. The molecule has 1 unspecified atom stereocenters. The third kappa shape index (κ3) is 6.67. The number of rotatable bonds is 10. The van der Waals surface area contributed by atoms with Crippen molar-refractivity contribution >= 4 is 5.96 Å². The first-order valence-corrected chi connectivity index (χ1v) is 10.7. The molecule has 158 valence electrons. The van der Waals surface area contributed by atoms with Crippen LogP contribution in [0.3, 0.4) is 0 Å². The Morgan fingerprint density at radius 1 is 1.18 bits per heavy atom. The zero-order chi connectivity index (χ0) is 20.4. The van der Waals surface area contributed by atoms with Crippen LogP contribution in [0.4, 0.5) is 0 Å². The van der Waals surface area contributed by atoms with Gasteiger partial charge in [0.1, 0.15) is 5.75 Å². The van der Waals surface area contributed by atoms with Crippen molar-refractivity contribution in [3.8, 4) is 5.75 Å². The van der Waals surface area contributed by atoms with Gasteiger partial charge in [0.15, 0.2) is 5.96 Å². The number of ether oxygens (including phenoxy) is 1. The fourth-order valence-corrected chi connectivity index (χ4v) is 3.85. The maximum Gasteiger partial charge on any atom is 0.191 e. The Bertz CT molecular complexity index is 581. The smallest absolute Gasteiger partial charge is 0.191 e. The van der Waals surface area contributed by atoms with E-state index in [1.54, 1.807) is 7.11 Å². The van der Waals surface area contributed by atoms with Crippen LogP contribution in [0.25, 0.3) is 0 Å². The van der Waals surface area contributed by atoms with Crippen molar-refractivity contribution in [2.75, 3.05) is 53.4 Å². The normalized spacial score (nSPS) is 16.6. The maximum absolute atomic E-state index is 5.32. The molecule has 1 aliphatic heterocycles. The highest BCUT2D eigenvalue weighted by molar-refractivity contribution is 5.79. The predicted octanol–water partition coefficient (Wildman–Crippen LogP) is 2.73. The lowest BCUT2D eigenvalue weighted by Crippen LogP contribution is -2.45. The van der Waals surface area contributed by atoms with Gasteiger partial charge in [-0.1, -0.05) is 19.1 Å². The molecule has 1 heterocycles. The fraction of sp³-hybridized carbons (Fsp3) is 0.682. The van der Waals surface area contributed by atoms with Crippen LogP contribution in [0.1, 0.15) is 45.2 Å². The van der Waals surface area contributed by atoms with Crippen LogP contribution in [0, 0.1) is 0 Å². The zero-order valence-corrected chi connectivity index (χ0v) is 18.4. The van der Waals surface area contributed by atoms with E-state index in [0.717, 1.165) is 51.0 Å². The summed E-state index contributed by atoms with van der Waals surface area (Å²) in [5.41, 5.74) is 1.32. The number of guanidine groups is 1. The molecule has 0 amide bonds. The minimum absolute atomic E-state index is 0.342. The van der Waals surface area contributed by atoms with Gasteiger partial charge in [0.2, 0.25) is 0 Å². The fourth-order valence-electron chi connectivity index (χ4n) is 3.85. The van der Waals surface area contributed by atoms with Gasteiger partial charge >= 0.3 is 0 Å². The van der Waals surface area contributed by atoms with Crippen molar-refractivity contribution in [3.63, 3.8) is 0 Å². The Morgan fingerprint density at radius 2 is 1.86 bits per heavy atom. The number of likely N-dealkylation sites (N-methyl/N-ethyl adjacent to an activating group) is 1. The lowest BCUT2D eigenvalue weighted by molar-refractivity contribution is 0.236. The highest BCUT2D eigenvalue weighted by Gasteiger charge is 2.23. The lowest BCUT2D eigenvalue weighted by atomic mass is 10.1. The molecule has 2 N–H and O–H groups in total. The summed E-state index contributed by atoms with van der Waals surface area (Å²) in [6, 6.07) is 9.38. The van der Waals surface area contributed by atoms with Gasteiger partial charge in [-0.15, -0.1) is 0 Å². The minimum atomic E-state index is 0.342. The van der Waals surface area contributed by atoms with E-state index in [0.29, 0.717) is 12.1 Å². The monoisotopic (exact) mass is 389 g/mol. The maximum atomic E-state index is 5.32. The first kappa shape index (κ1) is 22.5. The third-order valence-electron chi connectivity index (χ3n) is 5.60. The van der Waals surface area contributed by atoms with Gasteiger partial charge in [0.05, 0.1) is 13.2 Å². The van der Waals surface area contributed by atoms with Crippen LogP contribution in [0.15, 0.2) is 29.3 Å². The molecule has 0 saturated carbocycles. The van der Waals surface area contributed by atoms with Crippen molar-refractivity contribution in [1.29, 1.82) is 0 Å². The second-order valence-electron chi connectivity index (χ2n) is 7.63. The first-order chi connectivity index (χ1) is 13.6. The number of benzene rings is 1. The second-order valence-corrected chi connectivity index (χ2v) is 7.63. The van der Waals surface area contributed by atoms with Crippen LogP contribution in [0.5, 0.6) is 5.75 Å². The van der Waals surface area contributed by atoms with E-state index in [4.69, 9.17) is 4.74 Å². The summed E-state index contributed by atoms with van der Waals surface area (Å²) < 4.78 is 5.32. The summed E-state index contributed by atoms with van der Waals surface area (Å²) in [5, 5.41) is 7.01. The molecule has 0 spiro atoms. The van der Waals surface area contributed by atoms with Crippen molar-refractivity contribution in [3.05, 3.63) is 29.8 Å². The molecular weight excluding hydrogens is 350 g/mol. The highest BCUT2D eigenvalue weighted by Crippen LogP contribution is 2.26. The average molecular weight is 390 g/mol. The Morgan fingerprint density at radius 3 is 2.39 bits per heavy atom. The van der Waals surface area contributed by atoms with Crippen LogP contribution in [0.2, 0.25) is 0 Å². The Balaban J connectivity index is 1.93. The second kappa shape index (κ2) is 11.9. The molecule has 28 heavy (non-hydrogen) atoms. The summed E-state index contributed by atoms with van der Waals surface area (Å²) in [5.74, 6) is 1.78. The number of hydrogen-bond acceptors (Lipinski definition) is 4. The third-order valence-corrected chi connectivity index (χ3v) is 5.60. The number of nitrogens with zero attached hydrogens (tertiary/aromatic N) is 3. The first-order valence-electron chi connectivity index (χ1n) is 10.7. The van der Waals surface area contributed by atoms with Crippen LogP contribution < -0.4 is 15.4 Å². The molecule has 1 saturated heterocycles. The standard InChI is InChI=1S/C22H39N5O/c1-6-26(18(2)3)16-13-24-22(23-4)25-17-21(27-14-7-8-15-27)19-9-11-20(28-5)12-10-19/h9-12,18,21H,6-8,13-17H2,1-5H3,(H2,23,24,25). The molecule has 0 aromatic heterocycles. The Kier molecular flexibility index (Phi) is 9.58. The number of likely N-dealkylation sites (tertiary alicyclic amines) is 1. The molecule has 0 radical (unpaired) electrons. The quantitative estimate of drug-likeness (QED) is 0.476. The molecule has 0 aliphatic carbocycles. The zero-order valence-electron chi connectivity index (χ0n) is 18.4. The summed E-state index contributed by atoms with van der Waals surface area (Å²) in [6.45, 7) is 12.8. The summed E-state index contributed by atoms with van der Waals surface area (Å²) >= 11 is 0. The number of hydrogen-bond donors (Lipinski definition) is 2. The number of methoxy groups -OCH3 is 1. The SMILES string of the molecule is CCN(CCNC(=NC)NCC(c1ccc(OC)cc1)N1CCCC1)C(C)C. The van der Waals surface area contributed by atoms with E-state index in [1.165, 1.54) is 18.4 Å². The van der Waals surface area contributed by atoms with Gasteiger partial charge < -0.3 is 15.4 Å². The Labute approximate surface area is 171 Å². The molecule has 1 aromatic carbocycles. The van der Waals surface area contributed by atoms with Gasteiger partial charge in [0.25, 0.3) is 0 Å². The molecular formula is C22H39N5O. The minimum Gasteiger partial charge on any atom is -0.497 e. The van der Waals surface area contributed by atoms with Gasteiger partial charge in [-0.05, 0) is 64.0 Å². The molecule has 1 atom stereocenters. The lowest BCUT2D eigenvalue weighted by Gasteiger charge is -2.29. The van der Waals surface area contributed by atoms with Gasteiger partial charge in [0, 0.05) is 32.7 Å². The largest absolute Gasteiger partial charge is 0.497 e. The summed E-state index contributed by atoms with van der Waals surface area (Å²) in [6.07, 6.45) is 2.56. The van der Waals surface area contributed by atoms with Gasteiger partial charge in [-0.2, -0.15) is 0 Å². The van der Waals surface area contributed by atoms with Crippen molar-refractivity contribution < 1.29 is 4.74 Å². The van der Waals surface area contributed by atoms with Gasteiger partial charge in [-0.25, -0.2) is 0 Å². The Hall–Kier alpha value is -1.79. The average Bonchev–Trinajstić information content (AvgIpc) is 3.24. The highest BCUT2D eigenvalue weighted by atomic mass is 16.5. The van der Waals surface area contributed by atoms with Crippen molar-refractivity contribution in [2.45, 2.75) is 45.7 Å². The number of nitrogens with one attached hydrogen (secondary N) is 2. The van der Waals surface area contributed by atoms with E-state index in [2.05, 4.69) is 70.5 Å². The summed E-state index contributed by atoms with van der Waals surface area (Å²) in [7, 11) is 3.55. The molecule has 0 bridgehead atoms. The molecule has 1 fully saturated rings. The van der Waals surface area contributed by atoms with Crippen LogP contribution in [-0.4, -0.2) is 75.2 Å². The van der Waals surface area contributed by atoms with Gasteiger partial charge in [-0.3, -0.25) is 14.8 Å². The number of aliphatic imine (C=N–C) groups is 1. The predicted molar refractivity (Wildman–Crippen MR) is 118 cm³/mol. The summed E-state index contributed by atoms with van der Waals surface area (Å²) in [4.78, 5) is 9.43. The van der Waals surface area contributed by atoms with E-state index < -0.39 is 0 Å². The van der Waals surface area contributed by atoms with Crippen LogP contribution in [-0.2, 0) is 0 Å². The van der Waals surface area contributed by atoms with Crippen LogP contribution >= 0.6 is 0 Å². The van der Waals surface area contributed by atoms with E-state index >= 15 is 0 Å². The van der Waals surface area contributed by atoms with E-state index in [9.17, 15) is 0 Å². The molecule has 6 heteroatoms. The van der Waals surface area contributed by atoms with Crippen molar-refractivity contribution in [2.24, 2.45) is 4.99 Å². The van der Waals surface area contributed by atoms with E-state index in [-0.39, 0.29) is 0 Å².